The van der Waals surface area contributed by atoms with Crippen molar-refractivity contribution in [3.8, 4) is 34.3 Å². The minimum Gasteiger partial charge on any atom is -0.494 e. The highest BCUT2D eigenvalue weighted by molar-refractivity contribution is 6.00. The summed E-state index contributed by atoms with van der Waals surface area (Å²) in [6.07, 6.45) is 5.75. The van der Waals surface area contributed by atoms with Gasteiger partial charge in [-0.15, -0.1) is 0 Å². The Morgan fingerprint density at radius 1 is 1.05 bits per heavy atom. The van der Waals surface area contributed by atoms with Crippen LogP contribution in [0.4, 0.5) is 0 Å². The van der Waals surface area contributed by atoms with Crippen molar-refractivity contribution in [3.63, 3.8) is 0 Å². The summed E-state index contributed by atoms with van der Waals surface area (Å²) in [5, 5.41) is 1.10. The van der Waals surface area contributed by atoms with Crippen LogP contribution in [-0.2, 0) is 20.0 Å². The number of rotatable bonds is 6. The molecule has 5 heterocycles. The number of aryl methyl sites for hydroxylation is 1. The van der Waals surface area contributed by atoms with E-state index in [2.05, 4.69) is 57.4 Å². The lowest BCUT2D eigenvalue weighted by atomic mass is 10.0. The molecule has 2 aliphatic carbocycles. The highest BCUT2D eigenvalue weighted by Gasteiger charge is 2.46. The first-order valence-electron chi connectivity index (χ1n) is 16.1. The zero-order chi connectivity index (χ0) is 29.7. The highest BCUT2D eigenvalue weighted by Crippen LogP contribution is 2.44. The van der Waals surface area contributed by atoms with E-state index in [9.17, 15) is 4.79 Å². The number of hydrogen-bond acceptors (Lipinski definition) is 5. The highest BCUT2D eigenvalue weighted by atomic mass is 16.5. The van der Waals surface area contributed by atoms with Gasteiger partial charge in [0.15, 0.2) is 5.82 Å². The summed E-state index contributed by atoms with van der Waals surface area (Å²) in [6, 6.07) is 17.1. The van der Waals surface area contributed by atoms with Gasteiger partial charge in [0.25, 0.3) is 5.91 Å². The molecule has 1 saturated heterocycles. The number of carbonyl (C=O) groups is 1. The third kappa shape index (κ3) is 3.92. The van der Waals surface area contributed by atoms with Gasteiger partial charge in [-0.05, 0) is 97.5 Å². The topological polar surface area (TPSA) is 74.4 Å². The van der Waals surface area contributed by atoms with E-state index in [1.54, 1.807) is 7.11 Å². The summed E-state index contributed by atoms with van der Waals surface area (Å²) in [4.78, 5) is 26.3. The summed E-state index contributed by atoms with van der Waals surface area (Å²) < 4.78 is 16.1. The number of carbonyl (C=O) groups excluding carboxylic acids is 1. The second kappa shape index (κ2) is 9.58. The third-order valence-electron chi connectivity index (χ3n) is 10.8. The van der Waals surface area contributed by atoms with Crippen molar-refractivity contribution in [1.29, 1.82) is 0 Å². The monoisotopic (exact) mass is 587 g/mol. The SMILES string of the molecule is COc1cc(C(=O)N2CC3CCC2[C@@H]3C)cc2nc(-c3cc4ccc(-c5ccc6c(c5)CCO6)nc4n3CC3CC3)n(C)c12. The molecule has 0 spiro atoms. The Bertz CT molecular complexity index is 1990. The van der Waals surface area contributed by atoms with Gasteiger partial charge in [0.2, 0.25) is 0 Å². The molecule has 0 radical (unpaired) electrons. The lowest BCUT2D eigenvalue weighted by molar-refractivity contribution is 0.0696. The molecule has 224 valence electrons. The predicted octanol–water partition coefficient (Wildman–Crippen LogP) is 6.48. The number of hydrogen-bond donors (Lipinski definition) is 0. The van der Waals surface area contributed by atoms with E-state index >= 15 is 0 Å². The van der Waals surface area contributed by atoms with E-state index in [4.69, 9.17) is 19.4 Å². The number of likely N-dealkylation sites (tertiary alicyclic amines) is 1. The van der Waals surface area contributed by atoms with Crippen molar-refractivity contribution in [3.05, 3.63) is 59.7 Å². The lowest BCUT2D eigenvalue weighted by Gasteiger charge is -2.27. The van der Waals surface area contributed by atoms with Crippen LogP contribution < -0.4 is 9.47 Å². The number of nitrogens with zero attached hydrogens (tertiary/aromatic N) is 5. The van der Waals surface area contributed by atoms with Crippen LogP contribution >= 0.6 is 0 Å². The van der Waals surface area contributed by atoms with Gasteiger partial charge in [-0.1, -0.05) is 6.92 Å². The first kappa shape index (κ1) is 26.1. The third-order valence-corrected chi connectivity index (χ3v) is 10.8. The molecule has 9 rings (SSSR count). The fraction of sp³-hybridized carbons (Fsp3) is 0.417. The first-order valence-corrected chi connectivity index (χ1v) is 16.1. The van der Waals surface area contributed by atoms with Crippen molar-refractivity contribution in [2.75, 3.05) is 20.3 Å². The Kier molecular flexibility index (Phi) is 5.69. The zero-order valence-electron chi connectivity index (χ0n) is 25.5. The van der Waals surface area contributed by atoms with Crippen LogP contribution in [0.15, 0.2) is 48.5 Å². The maximum Gasteiger partial charge on any atom is 0.254 e. The van der Waals surface area contributed by atoms with Crippen molar-refractivity contribution in [1.82, 2.24) is 24.0 Å². The van der Waals surface area contributed by atoms with Gasteiger partial charge in [0, 0.05) is 49.1 Å². The van der Waals surface area contributed by atoms with E-state index < -0.39 is 0 Å². The first-order chi connectivity index (χ1) is 21.5. The smallest absolute Gasteiger partial charge is 0.254 e. The molecule has 8 nitrogen and oxygen atoms in total. The number of benzene rings is 2. The minimum absolute atomic E-state index is 0.0918. The Labute approximate surface area is 256 Å². The molecule has 3 aromatic heterocycles. The Morgan fingerprint density at radius 3 is 2.70 bits per heavy atom. The molecule has 3 atom stereocenters. The summed E-state index contributed by atoms with van der Waals surface area (Å²) in [5.74, 6) is 4.45. The second-order valence-corrected chi connectivity index (χ2v) is 13.4. The van der Waals surface area contributed by atoms with Crippen LogP contribution in [0.25, 0.3) is 44.8 Å². The maximum absolute atomic E-state index is 13.8. The van der Waals surface area contributed by atoms with Crippen molar-refractivity contribution < 1.29 is 14.3 Å². The van der Waals surface area contributed by atoms with Crippen molar-refractivity contribution >= 4 is 28.0 Å². The Morgan fingerprint density at radius 2 is 1.93 bits per heavy atom. The summed E-state index contributed by atoms with van der Waals surface area (Å²) in [5.41, 5.74) is 7.68. The number of fused-ring (bicyclic) bond motifs is 5. The molecular formula is C36H37N5O3. The lowest BCUT2D eigenvalue weighted by Crippen LogP contribution is -2.38. The quantitative estimate of drug-likeness (QED) is 0.227. The number of piperidine rings is 1. The van der Waals surface area contributed by atoms with E-state index in [-0.39, 0.29) is 5.91 Å². The Balaban J connectivity index is 1.15. The number of pyridine rings is 1. The van der Waals surface area contributed by atoms with Crippen LogP contribution in [0.2, 0.25) is 0 Å². The molecule has 5 aromatic rings. The Hall–Kier alpha value is -4.33. The van der Waals surface area contributed by atoms with Crippen LogP contribution in [0, 0.1) is 17.8 Å². The average molecular weight is 588 g/mol. The van der Waals surface area contributed by atoms with Gasteiger partial charge in [0.05, 0.1) is 30.6 Å². The number of methoxy groups -OCH3 is 1. The van der Waals surface area contributed by atoms with E-state index in [1.807, 2.05) is 19.2 Å². The molecule has 2 aromatic carbocycles. The normalized spacial score (nSPS) is 22.2. The molecule has 3 fully saturated rings. The molecule has 2 saturated carbocycles. The van der Waals surface area contributed by atoms with Crippen LogP contribution in [-0.4, -0.2) is 56.2 Å². The average Bonchev–Trinajstić information content (AvgIpc) is 3.34. The number of imidazole rings is 1. The van der Waals surface area contributed by atoms with E-state index in [0.717, 1.165) is 83.1 Å². The predicted molar refractivity (Wildman–Crippen MR) is 170 cm³/mol. The number of ether oxygens (including phenoxy) is 2. The maximum atomic E-state index is 13.8. The van der Waals surface area contributed by atoms with Gasteiger partial charge in [0.1, 0.15) is 22.7 Å². The molecule has 2 bridgehead atoms. The molecule has 1 amide bonds. The zero-order valence-corrected chi connectivity index (χ0v) is 25.5. The van der Waals surface area contributed by atoms with Crippen LogP contribution in [0.5, 0.6) is 11.5 Å². The number of amides is 1. The molecule has 4 aliphatic rings. The van der Waals surface area contributed by atoms with Gasteiger partial charge in [-0.25, -0.2) is 9.97 Å². The molecule has 2 aliphatic heterocycles. The standard InChI is InChI=1S/C36H37N5O3/c1-20-25-7-10-29(20)41(19-25)36(42)26-15-28-33(32(17-26)43-3)39(2)35(38-28)30-16-24-6-9-27(37-34(24)40(30)18-21-4-5-21)22-8-11-31-23(14-22)12-13-44-31/h6,8-9,11,14-17,20-21,25,29H,4-5,7,10,12-13,18-19H2,1-3H3/t20-,25?,29?/m1/s1. The molecular weight excluding hydrogens is 550 g/mol. The van der Waals surface area contributed by atoms with Crippen LogP contribution in [0.1, 0.15) is 48.5 Å². The van der Waals surface area contributed by atoms with Gasteiger partial charge in [-0.3, -0.25) is 4.79 Å². The fourth-order valence-electron chi connectivity index (χ4n) is 8.09. The number of aromatic nitrogens is 4. The minimum atomic E-state index is 0.0918. The second-order valence-electron chi connectivity index (χ2n) is 13.4. The van der Waals surface area contributed by atoms with E-state index in [0.29, 0.717) is 35.1 Å². The molecule has 8 heteroatoms. The summed E-state index contributed by atoms with van der Waals surface area (Å²) in [6.45, 7) is 4.81. The van der Waals surface area contributed by atoms with E-state index in [1.165, 1.54) is 24.8 Å². The van der Waals surface area contributed by atoms with Crippen molar-refractivity contribution in [2.24, 2.45) is 24.8 Å². The summed E-state index contributed by atoms with van der Waals surface area (Å²) >= 11 is 0. The molecule has 44 heavy (non-hydrogen) atoms. The van der Waals surface area contributed by atoms with Gasteiger partial charge >= 0.3 is 0 Å². The van der Waals surface area contributed by atoms with Crippen molar-refractivity contribution in [2.45, 2.75) is 51.6 Å². The van der Waals surface area contributed by atoms with Gasteiger partial charge in [-0.2, -0.15) is 0 Å². The van der Waals surface area contributed by atoms with Crippen LogP contribution in [0.3, 0.4) is 0 Å². The fourth-order valence-corrected chi connectivity index (χ4v) is 8.09. The molecule has 2 unspecified atom stereocenters. The summed E-state index contributed by atoms with van der Waals surface area (Å²) in [7, 11) is 3.72. The van der Waals surface area contributed by atoms with Gasteiger partial charge < -0.3 is 23.5 Å². The largest absolute Gasteiger partial charge is 0.494 e. The molecule has 0 N–H and O–H groups in total.